The second kappa shape index (κ2) is 10.3. The lowest BCUT2D eigenvalue weighted by Crippen LogP contribution is -2.63. The Kier molecular flexibility index (Phi) is 7.59. The van der Waals surface area contributed by atoms with Gasteiger partial charge in [0.15, 0.2) is 0 Å². The number of ether oxygens (including phenoxy) is 3. The van der Waals surface area contributed by atoms with Crippen LogP contribution >= 0.6 is 0 Å². The molecular formula is C33H47BO6. The Labute approximate surface area is 241 Å². The van der Waals surface area contributed by atoms with Crippen molar-refractivity contribution in [2.24, 2.45) is 22.7 Å². The van der Waals surface area contributed by atoms with Gasteiger partial charge in [0.1, 0.15) is 5.60 Å². The monoisotopic (exact) mass is 550 g/mol. The molecule has 0 bridgehead atoms. The summed E-state index contributed by atoms with van der Waals surface area (Å²) in [6.07, 6.45) is 8.85. The first-order chi connectivity index (χ1) is 18.7. The molecule has 2 heterocycles. The predicted octanol–water partition coefficient (Wildman–Crippen LogP) is 6.90. The zero-order chi connectivity index (χ0) is 29.0. The standard InChI is InChI=1S/C33H47BO6/c1-23-19-26(34-39-30(5,6)31(7,8)40-34)27-32(21-36-18-15-25(23)32)16-12-17-33(27,28(35)38-29(2,3)4)22-37-20-24-13-10-9-11-14-24/h9-11,13-15,18-19,25-27H,12,16-17,20-22H2,1-8H3/t25-,26-,27+,32-,33+/m0/s1. The second-order valence-corrected chi connectivity index (χ2v) is 14.4. The lowest BCUT2D eigenvalue weighted by molar-refractivity contribution is -0.196. The van der Waals surface area contributed by atoms with E-state index in [1.807, 2.05) is 45.2 Å². The third-order valence-corrected chi connectivity index (χ3v) is 10.0. The molecule has 2 aliphatic heterocycles. The van der Waals surface area contributed by atoms with Crippen molar-refractivity contribution < 1.29 is 28.3 Å². The number of esters is 1. The predicted molar refractivity (Wildman–Crippen MR) is 156 cm³/mol. The van der Waals surface area contributed by atoms with Crippen molar-refractivity contribution in [2.75, 3.05) is 13.2 Å². The molecule has 5 rings (SSSR count). The molecule has 1 saturated carbocycles. The number of rotatable bonds is 6. The number of hydrogen-bond donors (Lipinski definition) is 0. The number of carbonyl (C=O) groups excluding carboxylic acids is 1. The van der Waals surface area contributed by atoms with E-state index in [1.165, 1.54) is 5.57 Å². The summed E-state index contributed by atoms with van der Waals surface area (Å²) in [6, 6.07) is 10.1. The van der Waals surface area contributed by atoms with Crippen molar-refractivity contribution >= 4 is 13.1 Å². The first-order valence-electron chi connectivity index (χ1n) is 14.9. The molecule has 1 aromatic carbocycles. The molecule has 2 fully saturated rings. The zero-order valence-electron chi connectivity index (χ0n) is 25.6. The maximum Gasteiger partial charge on any atom is 0.465 e. The van der Waals surface area contributed by atoms with Gasteiger partial charge >= 0.3 is 13.1 Å². The fraction of sp³-hybridized carbons (Fsp3) is 0.667. The molecule has 0 aromatic heterocycles. The highest BCUT2D eigenvalue weighted by Gasteiger charge is 2.69. The minimum Gasteiger partial charge on any atom is -0.501 e. The highest BCUT2D eigenvalue weighted by molar-refractivity contribution is 6.48. The molecule has 6 nitrogen and oxygen atoms in total. The highest BCUT2D eigenvalue weighted by Crippen LogP contribution is 2.66. The van der Waals surface area contributed by atoms with Crippen LogP contribution in [0.5, 0.6) is 0 Å². The molecular weight excluding hydrogens is 503 g/mol. The Bertz CT molecular complexity index is 1140. The Morgan fingerprint density at radius 2 is 1.73 bits per heavy atom. The molecule has 1 saturated heterocycles. The van der Waals surface area contributed by atoms with Crippen molar-refractivity contribution in [1.82, 2.24) is 0 Å². The van der Waals surface area contributed by atoms with E-state index < -0.39 is 29.3 Å². The molecule has 40 heavy (non-hydrogen) atoms. The summed E-state index contributed by atoms with van der Waals surface area (Å²) in [7, 11) is -0.497. The van der Waals surface area contributed by atoms with Crippen molar-refractivity contribution in [3.8, 4) is 0 Å². The van der Waals surface area contributed by atoms with Gasteiger partial charge in [0.25, 0.3) is 0 Å². The molecule has 1 aromatic rings. The van der Waals surface area contributed by atoms with Crippen LogP contribution in [0.15, 0.2) is 54.3 Å². The van der Waals surface area contributed by atoms with Crippen LogP contribution in [0.3, 0.4) is 0 Å². The molecule has 2 aliphatic carbocycles. The van der Waals surface area contributed by atoms with E-state index in [2.05, 4.69) is 58.9 Å². The lowest BCUT2D eigenvalue weighted by Gasteiger charge is -2.61. The number of allylic oxidation sites excluding steroid dienone is 3. The van der Waals surface area contributed by atoms with Gasteiger partial charge in [-0.25, -0.2) is 0 Å². The van der Waals surface area contributed by atoms with Gasteiger partial charge in [-0.3, -0.25) is 4.79 Å². The SMILES string of the molecule is CC1=C[C@H](B2OC(C)(C)C(C)(C)O2)[C@H]2[C@@](COCc3ccccc3)(C(=O)OC(C)(C)C)CCC[C@@]23COC=C[C@@H]13. The van der Waals surface area contributed by atoms with E-state index in [0.717, 1.165) is 18.4 Å². The van der Waals surface area contributed by atoms with E-state index in [-0.39, 0.29) is 35.6 Å². The molecule has 0 unspecified atom stereocenters. The van der Waals surface area contributed by atoms with E-state index >= 15 is 0 Å². The van der Waals surface area contributed by atoms with Crippen LogP contribution in [-0.4, -0.2) is 43.1 Å². The van der Waals surface area contributed by atoms with Gasteiger partial charge in [0, 0.05) is 17.2 Å². The minimum absolute atomic E-state index is 0.160. The Morgan fingerprint density at radius 3 is 2.38 bits per heavy atom. The van der Waals surface area contributed by atoms with Crippen molar-refractivity contribution in [3.63, 3.8) is 0 Å². The molecule has 1 spiro atoms. The van der Waals surface area contributed by atoms with Crippen LogP contribution in [0.2, 0.25) is 5.82 Å². The Balaban J connectivity index is 1.62. The minimum atomic E-state index is -0.890. The summed E-state index contributed by atoms with van der Waals surface area (Å²) in [4.78, 5) is 14.5. The first-order valence-corrected chi connectivity index (χ1v) is 14.9. The van der Waals surface area contributed by atoms with Gasteiger partial charge in [-0.05, 0) is 85.8 Å². The third kappa shape index (κ3) is 5.07. The second-order valence-electron chi connectivity index (χ2n) is 14.4. The van der Waals surface area contributed by atoms with Crippen LogP contribution in [0.1, 0.15) is 80.2 Å². The molecule has 218 valence electrons. The summed E-state index contributed by atoms with van der Waals surface area (Å²) in [5.41, 5.74) is -0.432. The van der Waals surface area contributed by atoms with Gasteiger partial charge in [-0.15, -0.1) is 0 Å². The van der Waals surface area contributed by atoms with Crippen LogP contribution in [0.25, 0.3) is 0 Å². The molecule has 7 heteroatoms. The third-order valence-electron chi connectivity index (χ3n) is 10.0. The Morgan fingerprint density at radius 1 is 1.05 bits per heavy atom. The number of benzene rings is 1. The largest absolute Gasteiger partial charge is 0.501 e. The van der Waals surface area contributed by atoms with Gasteiger partial charge in [0.2, 0.25) is 0 Å². The fourth-order valence-electron chi connectivity index (χ4n) is 7.62. The molecule has 0 N–H and O–H groups in total. The molecule has 4 aliphatic rings. The first kappa shape index (κ1) is 29.4. The molecule has 0 radical (unpaired) electrons. The van der Waals surface area contributed by atoms with Crippen LogP contribution in [0.4, 0.5) is 0 Å². The van der Waals surface area contributed by atoms with Crippen molar-refractivity contribution in [1.29, 1.82) is 0 Å². The number of hydrogen-bond acceptors (Lipinski definition) is 6. The summed E-state index contributed by atoms with van der Waals surface area (Å²) in [6.45, 7) is 17.6. The average Bonchev–Trinajstić information content (AvgIpc) is 3.09. The topological polar surface area (TPSA) is 63.2 Å². The van der Waals surface area contributed by atoms with Crippen molar-refractivity contribution in [3.05, 3.63) is 59.9 Å². The summed E-state index contributed by atoms with van der Waals surface area (Å²) in [5.74, 6) is -0.352. The van der Waals surface area contributed by atoms with Gasteiger partial charge in [-0.2, -0.15) is 0 Å². The Hall–Kier alpha value is -2.09. The highest BCUT2D eigenvalue weighted by atomic mass is 16.7. The maximum atomic E-state index is 14.5. The summed E-state index contributed by atoms with van der Waals surface area (Å²) in [5, 5.41) is 0. The van der Waals surface area contributed by atoms with Crippen LogP contribution in [-0.2, 0) is 34.9 Å². The van der Waals surface area contributed by atoms with E-state index in [9.17, 15) is 4.79 Å². The smallest absolute Gasteiger partial charge is 0.465 e. The maximum absolute atomic E-state index is 14.5. The molecule has 0 amide bonds. The van der Waals surface area contributed by atoms with Crippen LogP contribution < -0.4 is 0 Å². The van der Waals surface area contributed by atoms with Gasteiger partial charge in [-0.1, -0.05) is 48.4 Å². The van der Waals surface area contributed by atoms with E-state index in [0.29, 0.717) is 19.6 Å². The quantitative estimate of drug-likeness (QED) is 0.218. The lowest BCUT2D eigenvalue weighted by atomic mass is 9.39. The zero-order valence-corrected chi connectivity index (χ0v) is 25.6. The van der Waals surface area contributed by atoms with Gasteiger partial charge < -0.3 is 23.5 Å². The summed E-state index contributed by atoms with van der Waals surface area (Å²) >= 11 is 0. The van der Waals surface area contributed by atoms with Crippen LogP contribution in [0, 0.1) is 22.7 Å². The van der Waals surface area contributed by atoms with E-state index in [4.69, 9.17) is 23.5 Å². The normalized spacial score (nSPS) is 34.4. The fourth-order valence-corrected chi connectivity index (χ4v) is 7.62. The molecule has 5 atom stereocenters. The van der Waals surface area contributed by atoms with E-state index in [1.54, 1.807) is 0 Å². The number of carbonyl (C=O) groups is 1. The summed E-state index contributed by atoms with van der Waals surface area (Å²) < 4.78 is 32.2. The average molecular weight is 551 g/mol. The van der Waals surface area contributed by atoms with Crippen molar-refractivity contribution in [2.45, 2.75) is 104 Å². The van der Waals surface area contributed by atoms with Gasteiger partial charge in [0.05, 0.1) is 42.7 Å².